The van der Waals surface area contributed by atoms with Crippen molar-refractivity contribution in [3.8, 4) is 0 Å². The number of halogens is 2. The molecule has 2 rings (SSSR count). The first-order valence-corrected chi connectivity index (χ1v) is 6.07. The number of benzene rings is 1. The molecule has 0 aliphatic heterocycles. The highest BCUT2D eigenvalue weighted by Gasteiger charge is 2.09. The Morgan fingerprint density at radius 3 is 3.00 bits per heavy atom. The Hall–Kier alpha value is -1.62. The molecule has 18 heavy (non-hydrogen) atoms. The second-order valence-corrected chi connectivity index (χ2v) is 4.26. The van der Waals surface area contributed by atoms with Crippen LogP contribution >= 0.6 is 11.6 Å². The van der Waals surface area contributed by atoms with E-state index < -0.39 is 0 Å². The van der Waals surface area contributed by atoms with E-state index in [0.29, 0.717) is 23.3 Å². The van der Waals surface area contributed by atoms with Crippen molar-refractivity contribution in [2.75, 3.05) is 11.9 Å². The minimum atomic E-state index is -0.359. The van der Waals surface area contributed by atoms with E-state index >= 15 is 0 Å². The topological polar surface area (TPSA) is 51.0 Å². The van der Waals surface area contributed by atoms with Crippen LogP contribution in [0.1, 0.15) is 24.7 Å². The van der Waals surface area contributed by atoms with Gasteiger partial charge in [-0.1, -0.05) is 29.7 Å². The largest absolute Gasteiger partial charge is 0.338 e. The maximum Gasteiger partial charge on any atom is 0.321 e. The summed E-state index contributed by atoms with van der Waals surface area (Å²) in [6.07, 6.45) is 1.39. The summed E-state index contributed by atoms with van der Waals surface area (Å²) < 4.78 is 17.9. The van der Waals surface area contributed by atoms with E-state index in [2.05, 4.69) is 15.5 Å². The van der Waals surface area contributed by atoms with Crippen molar-refractivity contribution >= 4 is 17.6 Å². The summed E-state index contributed by atoms with van der Waals surface area (Å²) >= 11 is 5.93. The SMILES string of the molecule is CCCNc1nc(Cc2ccc(F)cc2Cl)no1. The zero-order valence-electron chi connectivity index (χ0n) is 9.91. The number of aromatic nitrogens is 2. The van der Waals surface area contributed by atoms with E-state index in [1.54, 1.807) is 6.07 Å². The standard InChI is InChI=1S/C12H13ClFN3O/c1-2-5-15-12-16-11(17-18-12)6-8-3-4-9(14)7-10(8)13/h3-4,7H,2,5-6H2,1H3,(H,15,16,17). The normalized spacial score (nSPS) is 10.6. The van der Waals surface area contributed by atoms with Gasteiger partial charge in [-0.15, -0.1) is 0 Å². The molecule has 1 heterocycles. The van der Waals surface area contributed by atoms with E-state index in [0.717, 1.165) is 18.5 Å². The van der Waals surface area contributed by atoms with Crippen LogP contribution in [0.3, 0.4) is 0 Å². The summed E-state index contributed by atoms with van der Waals surface area (Å²) in [5.41, 5.74) is 0.765. The van der Waals surface area contributed by atoms with Gasteiger partial charge in [0.2, 0.25) is 0 Å². The van der Waals surface area contributed by atoms with Gasteiger partial charge in [0.25, 0.3) is 0 Å². The molecule has 6 heteroatoms. The maximum atomic E-state index is 12.9. The quantitative estimate of drug-likeness (QED) is 0.905. The van der Waals surface area contributed by atoms with Gasteiger partial charge in [0.1, 0.15) is 5.82 Å². The maximum absolute atomic E-state index is 12.9. The molecular weight excluding hydrogens is 257 g/mol. The van der Waals surface area contributed by atoms with Crippen LogP contribution in [0, 0.1) is 5.82 Å². The number of anilines is 1. The first-order valence-electron chi connectivity index (χ1n) is 5.69. The summed E-state index contributed by atoms with van der Waals surface area (Å²) in [5, 5.41) is 7.18. The average molecular weight is 270 g/mol. The zero-order chi connectivity index (χ0) is 13.0. The van der Waals surface area contributed by atoms with Crippen LogP contribution in [0.2, 0.25) is 5.02 Å². The molecule has 0 saturated carbocycles. The third-order valence-corrected chi connectivity index (χ3v) is 2.71. The van der Waals surface area contributed by atoms with Gasteiger partial charge in [0, 0.05) is 18.0 Å². The molecule has 4 nitrogen and oxygen atoms in total. The third kappa shape index (κ3) is 3.20. The van der Waals surface area contributed by atoms with Gasteiger partial charge in [-0.3, -0.25) is 0 Å². The van der Waals surface area contributed by atoms with Crippen molar-refractivity contribution in [1.29, 1.82) is 0 Å². The minimum absolute atomic E-state index is 0.359. The number of hydrogen-bond acceptors (Lipinski definition) is 4. The molecule has 0 bridgehead atoms. The predicted molar refractivity (Wildman–Crippen MR) is 67.3 cm³/mol. The fourth-order valence-electron chi connectivity index (χ4n) is 1.46. The first-order chi connectivity index (χ1) is 8.69. The van der Waals surface area contributed by atoms with Gasteiger partial charge in [-0.05, 0) is 24.1 Å². The van der Waals surface area contributed by atoms with Gasteiger partial charge in [-0.2, -0.15) is 4.98 Å². The predicted octanol–water partition coefficient (Wildman–Crippen LogP) is 3.27. The van der Waals surface area contributed by atoms with E-state index in [1.807, 2.05) is 6.92 Å². The second-order valence-electron chi connectivity index (χ2n) is 3.86. The molecule has 1 aromatic carbocycles. The Balaban J connectivity index is 2.06. The molecular formula is C12H13ClFN3O. The summed E-state index contributed by atoms with van der Waals surface area (Å²) in [4.78, 5) is 4.17. The van der Waals surface area contributed by atoms with E-state index in [1.165, 1.54) is 12.1 Å². The lowest BCUT2D eigenvalue weighted by atomic mass is 10.1. The molecule has 0 aliphatic carbocycles. The molecule has 1 N–H and O–H groups in total. The molecule has 0 aliphatic rings. The lowest BCUT2D eigenvalue weighted by Gasteiger charge is -2.00. The molecule has 0 spiro atoms. The van der Waals surface area contributed by atoms with E-state index in [-0.39, 0.29) is 5.82 Å². The number of hydrogen-bond donors (Lipinski definition) is 1. The van der Waals surface area contributed by atoms with Gasteiger partial charge in [0.05, 0.1) is 0 Å². The van der Waals surface area contributed by atoms with Crippen LogP contribution in [0.4, 0.5) is 10.4 Å². The lowest BCUT2D eigenvalue weighted by molar-refractivity contribution is 0.423. The van der Waals surface area contributed by atoms with Crippen LogP contribution in [-0.2, 0) is 6.42 Å². The van der Waals surface area contributed by atoms with Crippen molar-refractivity contribution in [3.05, 3.63) is 40.4 Å². The number of rotatable bonds is 5. The Bertz CT molecular complexity index is 530. The van der Waals surface area contributed by atoms with Crippen LogP contribution in [0.5, 0.6) is 0 Å². The average Bonchev–Trinajstić information content (AvgIpc) is 2.78. The lowest BCUT2D eigenvalue weighted by Crippen LogP contribution is -2.00. The van der Waals surface area contributed by atoms with Crippen molar-refractivity contribution in [2.24, 2.45) is 0 Å². The first kappa shape index (κ1) is 12.8. The zero-order valence-corrected chi connectivity index (χ0v) is 10.7. The smallest absolute Gasteiger partial charge is 0.321 e. The van der Waals surface area contributed by atoms with E-state index in [4.69, 9.17) is 16.1 Å². The van der Waals surface area contributed by atoms with Gasteiger partial charge in [0.15, 0.2) is 5.82 Å². The summed E-state index contributed by atoms with van der Waals surface area (Å²) in [7, 11) is 0. The molecule has 0 atom stereocenters. The molecule has 0 amide bonds. The summed E-state index contributed by atoms with van der Waals surface area (Å²) in [6, 6.07) is 4.64. The Kier molecular flexibility index (Phi) is 4.15. The highest BCUT2D eigenvalue weighted by molar-refractivity contribution is 6.31. The monoisotopic (exact) mass is 269 g/mol. The van der Waals surface area contributed by atoms with Crippen LogP contribution in [-0.4, -0.2) is 16.7 Å². The molecule has 2 aromatic rings. The fraction of sp³-hybridized carbons (Fsp3) is 0.333. The molecule has 1 aromatic heterocycles. The van der Waals surface area contributed by atoms with Crippen LogP contribution < -0.4 is 5.32 Å². The van der Waals surface area contributed by atoms with E-state index in [9.17, 15) is 4.39 Å². The Labute approximate surface area is 109 Å². The summed E-state index contributed by atoms with van der Waals surface area (Å²) in [6.45, 7) is 2.82. The van der Waals surface area contributed by atoms with Crippen molar-refractivity contribution in [1.82, 2.24) is 10.1 Å². The highest BCUT2D eigenvalue weighted by Crippen LogP contribution is 2.20. The Morgan fingerprint density at radius 2 is 2.28 bits per heavy atom. The third-order valence-electron chi connectivity index (χ3n) is 2.36. The van der Waals surface area contributed by atoms with Crippen molar-refractivity contribution in [2.45, 2.75) is 19.8 Å². The molecule has 96 valence electrons. The van der Waals surface area contributed by atoms with Crippen molar-refractivity contribution in [3.63, 3.8) is 0 Å². The van der Waals surface area contributed by atoms with Gasteiger partial charge < -0.3 is 9.84 Å². The van der Waals surface area contributed by atoms with Gasteiger partial charge >= 0.3 is 6.01 Å². The fourth-order valence-corrected chi connectivity index (χ4v) is 1.70. The highest BCUT2D eigenvalue weighted by atomic mass is 35.5. The molecule has 0 unspecified atom stereocenters. The molecule has 0 saturated heterocycles. The summed E-state index contributed by atoms with van der Waals surface area (Å²) in [5.74, 6) is 0.157. The Morgan fingerprint density at radius 1 is 1.44 bits per heavy atom. The second kappa shape index (κ2) is 5.82. The minimum Gasteiger partial charge on any atom is -0.338 e. The van der Waals surface area contributed by atoms with Crippen LogP contribution in [0.15, 0.2) is 22.7 Å². The van der Waals surface area contributed by atoms with Crippen LogP contribution in [0.25, 0.3) is 0 Å². The van der Waals surface area contributed by atoms with Crippen molar-refractivity contribution < 1.29 is 8.91 Å². The molecule has 0 radical (unpaired) electrons. The number of nitrogens with zero attached hydrogens (tertiary/aromatic N) is 2. The van der Waals surface area contributed by atoms with Gasteiger partial charge in [-0.25, -0.2) is 4.39 Å². The number of nitrogens with one attached hydrogen (secondary N) is 1. The molecule has 0 fully saturated rings.